The molecule has 0 aromatic carbocycles. The van der Waals surface area contributed by atoms with E-state index in [4.69, 9.17) is 19.8 Å². The molecule has 2 N–H and O–H groups in total. The number of ether oxygens (including phenoxy) is 1. The second kappa shape index (κ2) is 9.74. The number of hydrogen-bond donors (Lipinski definition) is 2. The lowest BCUT2D eigenvalue weighted by Gasteiger charge is -2.17. The fourth-order valence-electron chi connectivity index (χ4n) is 3.91. The maximum absolute atomic E-state index is 10.8. The SMILES string of the molecule is C[Si](C)(C)CCOCn1cc(-c2ccc(NC(=O)O)nc2)nc1C1CCc2cc(Br)cnc21. The highest BCUT2D eigenvalue weighted by Gasteiger charge is 2.30. The van der Waals surface area contributed by atoms with Gasteiger partial charge in [0, 0.05) is 43.3 Å². The Kier molecular flexibility index (Phi) is 6.96. The standard InChI is InChI=1S/C23H28BrN5O3Si/c1-33(2,3)9-8-32-14-29-13-19(16-5-7-20(25-11-16)28-23(30)31)27-22(29)18-6-4-15-10-17(24)12-26-21(15)18/h5,7,10-13,18H,4,6,8-9,14H2,1-3H3,(H,25,28)(H,30,31). The Bertz CT molecular complexity index is 1140. The Morgan fingerprint density at radius 1 is 1.30 bits per heavy atom. The van der Waals surface area contributed by atoms with Gasteiger partial charge in [-0.1, -0.05) is 19.6 Å². The molecule has 3 aromatic rings. The van der Waals surface area contributed by atoms with E-state index in [1.54, 1.807) is 12.3 Å². The van der Waals surface area contributed by atoms with Crippen LogP contribution < -0.4 is 5.32 Å². The van der Waals surface area contributed by atoms with Crippen molar-refractivity contribution >= 4 is 35.9 Å². The van der Waals surface area contributed by atoms with Crippen molar-refractivity contribution in [3.8, 4) is 11.3 Å². The Morgan fingerprint density at radius 2 is 2.12 bits per heavy atom. The van der Waals surface area contributed by atoms with Crippen LogP contribution in [0.3, 0.4) is 0 Å². The Hall–Kier alpha value is -2.56. The van der Waals surface area contributed by atoms with Crippen molar-refractivity contribution in [3.63, 3.8) is 0 Å². The van der Waals surface area contributed by atoms with E-state index >= 15 is 0 Å². The maximum Gasteiger partial charge on any atom is 0.410 e. The number of carboxylic acid groups (broad SMARTS) is 1. The van der Waals surface area contributed by atoms with E-state index in [9.17, 15) is 4.79 Å². The Morgan fingerprint density at radius 3 is 2.82 bits per heavy atom. The smallest absolute Gasteiger partial charge is 0.410 e. The minimum Gasteiger partial charge on any atom is -0.465 e. The first kappa shape index (κ1) is 23.6. The molecule has 1 atom stereocenters. The number of aromatic nitrogens is 4. The number of anilines is 1. The van der Waals surface area contributed by atoms with Gasteiger partial charge in [0.1, 0.15) is 18.4 Å². The van der Waals surface area contributed by atoms with Crippen molar-refractivity contribution in [1.29, 1.82) is 0 Å². The summed E-state index contributed by atoms with van der Waals surface area (Å²) in [6.45, 7) is 8.18. The van der Waals surface area contributed by atoms with Crippen LogP contribution in [0.2, 0.25) is 25.7 Å². The fourth-order valence-corrected chi connectivity index (χ4v) is 5.05. The fraction of sp³-hybridized carbons (Fsp3) is 0.391. The van der Waals surface area contributed by atoms with Crippen molar-refractivity contribution in [3.05, 3.63) is 58.3 Å². The van der Waals surface area contributed by atoms with Gasteiger partial charge in [0.05, 0.1) is 17.3 Å². The molecule has 10 heteroatoms. The predicted molar refractivity (Wildman–Crippen MR) is 133 cm³/mol. The first-order valence-electron chi connectivity index (χ1n) is 10.9. The van der Waals surface area contributed by atoms with Crippen LogP contribution in [0.5, 0.6) is 0 Å². The molecule has 1 aliphatic carbocycles. The van der Waals surface area contributed by atoms with Crippen molar-refractivity contribution in [1.82, 2.24) is 19.5 Å². The average molecular weight is 530 g/mol. The number of imidazole rings is 1. The second-order valence-corrected chi connectivity index (χ2v) is 16.0. The molecule has 4 rings (SSSR count). The highest BCUT2D eigenvalue weighted by molar-refractivity contribution is 9.10. The van der Waals surface area contributed by atoms with Crippen molar-refractivity contribution in [2.75, 3.05) is 11.9 Å². The highest BCUT2D eigenvalue weighted by Crippen LogP contribution is 2.38. The molecule has 174 valence electrons. The number of aryl methyl sites for hydroxylation is 1. The van der Waals surface area contributed by atoms with E-state index in [-0.39, 0.29) is 11.7 Å². The van der Waals surface area contributed by atoms with Crippen LogP contribution in [0, 0.1) is 0 Å². The molecule has 0 saturated heterocycles. The number of rotatable bonds is 8. The minimum absolute atomic E-state index is 0.100. The lowest BCUT2D eigenvalue weighted by atomic mass is 10.1. The summed E-state index contributed by atoms with van der Waals surface area (Å²) in [4.78, 5) is 24.7. The number of fused-ring (bicyclic) bond motifs is 1. The van der Waals surface area contributed by atoms with E-state index < -0.39 is 14.2 Å². The van der Waals surface area contributed by atoms with E-state index in [2.05, 4.69) is 56.5 Å². The molecule has 3 aromatic heterocycles. The minimum atomic E-state index is -1.17. The molecule has 1 amide bonds. The molecule has 8 nitrogen and oxygen atoms in total. The molecule has 0 radical (unpaired) electrons. The quantitative estimate of drug-likeness (QED) is 0.291. The van der Waals surface area contributed by atoms with Gasteiger partial charge in [0.25, 0.3) is 0 Å². The van der Waals surface area contributed by atoms with E-state index in [0.29, 0.717) is 6.73 Å². The third kappa shape index (κ3) is 5.87. The lowest BCUT2D eigenvalue weighted by Crippen LogP contribution is -2.22. The molecule has 33 heavy (non-hydrogen) atoms. The molecule has 0 saturated carbocycles. The summed E-state index contributed by atoms with van der Waals surface area (Å²) in [6, 6.07) is 6.70. The number of hydrogen-bond acceptors (Lipinski definition) is 5. The highest BCUT2D eigenvalue weighted by atomic mass is 79.9. The number of pyridine rings is 2. The van der Waals surface area contributed by atoms with E-state index in [1.165, 1.54) is 5.56 Å². The monoisotopic (exact) mass is 529 g/mol. The summed E-state index contributed by atoms with van der Waals surface area (Å²) in [6.07, 6.45) is 6.23. The van der Waals surface area contributed by atoms with Crippen molar-refractivity contribution in [2.24, 2.45) is 0 Å². The third-order valence-corrected chi connectivity index (χ3v) is 7.78. The zero-order chi connectivity index (χ0) is 23.6. The van der Waals surface area contributed by atoms with Gasteiger partial charge in [-0.15, -0.1) is 0 Å². The maximum atomic E-state index is 10.8. The van der Waals surface area contributed by atoms with Crippen LogP contribution in [0.25, 0.3) is 11.3 Å². The number of nitrogens with zero attached hydrogens (tertiary/aromatic N) is 4. The first-order chi connectivity index (χ1) is 15.7. The molecular formula is C23H28BrN5O3Si. The number of carbonyl (C=O) groups is 1. The zero-order valence-electron chi connectivity index (χ0n) is 19.0. The van der Waals surface area contributed by atoms with E-state index in [1.807, 2.05) is 18.5 Å². The topological polar surface area (TPSA) is 102 Å². The molecule has 1 unspecified atom stereocenters. The van der Waals surface area contributed by atoms with Crippen LogP contribution in [0.1, 0.15) is 29.4 Å². The number of amides is 1. The van der Waals surface area contributed by atoms with Gasteiger partial charge < -0.3 is 14.4 Å². The van der Waals surface area contributed by atoms with Crippen molar-refractivity contribution in [2.45, 2.75) is 51.2 Å². The summed E-state index contributed by atoms with van der Waals surface area (Å²) in [5, 5.41) is 11.1. The molecule has 0 spiro atoms. The average Bonchev–Trinajstić information content (AvgIpc) is 3.34. The van der Waals surface area contributed by atoms with Crippen LogP contribution in [-0.4, -0.2) is 45.4 Å². The molecular weight excluding hydrogens is 502 g/mol. The van der Waals surface area contributed by atoms with Crippen LogP contribution in [-0.2, 0) is 17.9 Å². The molecule has 0 fully saturated rings. The largest absolute Gasteiger partial charge is 0.465 e. The van der Waals surface area contributed by atoms with Gasteiger partial charge in [-0.05, 0) is 58.6 Å². The van der Waals surface area contributed by atoms with Gasteiger partial charge in [-0.3, -0.25) is 10.3 Å². The zero-order valence-corrected chi connectivity index (χ0v) is 21.6. The Balaban J connectivity index is 1.62. The number of halogens is 1. The number of nitrogens with one attached hydrogen (secondary N) is 1. The van der Waals surface area contributed by atoms with Crippen LogP contribution in [0.4, 0.5) is 10.6 Å². The summed E-state index contributed by atoms with van der Waals surface area (Å²) in [5.41, 5.74) is 3.91. The molecule has 1 aliphatic rings. The normalized spacial score (nSPS) is 15.5. The lowest BCUT2D eigenvalue weighted by molar-refractivity contribution is 0.0846. The van der Waals surface area contributed by atoms with Gasteiger partial charge in [0.15, 0.2) is 0 Å². The molecule has 3 heterocycles. The summed E-state index contributed by atoms with van der Waals surface area (Å²) < 4.78 is 9.12. The summed E-state index contributed by atoms with van der Waals surface area (Å²) in [5.74, 6) is 1.31. The van der Waals surface area contributed by atoms with Crippen LogP contribution in [0.15, 0.2) is 41.3 Å². The third-order valence-electron chi connectivity index (χ3n) is 5.64. The van der Waals surface area contributed by atoms with Crippen LogP contribution >= 0.6 is 15.9 Å². The Labute approximate surface area is 202 Å². The summed E-state index contributed by atoms with van der Waals surface area (Å²) in [7, 11) is -1.17. The molecule has 0 bridgehead atoms. The second-order valence-electron chi connectivity index (χ2n) is 9.45. The van der Waals surface area contributed by atoms with Gasteiger partial charge >= 0.3 is 6.09 Å². The van der Waals surface area contributed by atoms with Gasteiger partial charge in [-0.25, -0.2) is 14.8 Å². The van der Waals surface area contributed by atoms with Gasteiger partial charge in [-0.2, -0.15) is 0 Å². The van der Waals surface area contributed by atoms with E-state index in [0.717, 1.165) is 52.7 Å². The van der Waals surface area contributed by atoms with Crippen molar-refractivity contribution < 1.29 is 14.6 Å². The van der Waals surface area contributed by atoms with Gasteiger partial charge in [0.2, 0.25) is 0 Å². The first-order valence-corrected chi connectivity index (χ1v) is 15.4. The molecule has 0 aliphatic heterocycles. The summed E-state index contributed by atoms with van der Waals surface area (Å²) >= 11 is 3.52. The predicted octanol–water partition coefficient (Wildman–Crippen LogP) is 5.58.